The zero-order valence-electron chi connectivity index (χ0n) is 22.5. The number of ketones is 1. The molecule has 2 aliphatic carbocycles. The molecule has 1 unspecified atom stereocenters. The van der Waals surface area contributed by atoms with Gasteiger partial charge in [0.05, 0.1) is 13.2 Å². The fourth-order valence-electron chi connectivity index (χ4n) is 7.25. The summed E-state index contributed by atoms with van der Waals surface area (Å²) in [5, 5.41) is 14.2. The van der Waals surface area contributed by atoms with E-state index in [0.717, 1.165) is 0 Å². The Morgan fingerprint density at radius 1 is 1.00 bits per heavy atom. The van der Waals surface area contributed by atoms with Gasteiger partial charge in [0.2, 0.25) is 0 Å². The van der Waals surface area contributed by atoms with E-state index in [-0.39, 0.29) is 16.7 Å². The summed E-state index contributed by atoms with van der Waals surface area (Å²) >= 11 is 0. The van der Waals surface area contributed by atoms with Crippen LogP contribution in [0.1, 0.15) is 53.4 Å². The van der Waals surface area contributed by atoms with Crippen LogP contribution >= 0.6 is 0 Å². The molecule has 1 N–H and O–H groups in total. The largest absolute Gasteiger partial charge is 0.407 e. The lowest BCUT2D eigenvalue weighted by Gasteiger charge is -2.48. The zero-order valence-corrected chi connectivity index (χ0v) is 23.5. The third-order valence-electron chi connectivity index (χ3n) is 9.08. The third kappa shape index (κ3) is 4.09. The van der Waals surface area contributed by atoms with Crippen molar-refractivity contribution in [2.24, 2.45) is 11.3 Å². The van der Waals surface area contributed by atoms with E-state index in [0.29, 0.717) is 45.5 Å². The summed E-state index contributed by atoms with van der Waals surface area (Å²) in [6.07, 6.45) is 5.79. The van der Waals surface area contributed by atoms with Crippen molar-refractivity contribution in [3.05, 3.63) is 72.8 Å². The van der Waals surface area contributed by atoms with Crippen molar-refractivity contribution in [2.45, 2.75) is 69.8 Å². The second-order valence-electron chi connectivity index (χ2n) is 12.1. The lowest BCUT2D eigenvalue weighted by molar-refractivity contribution is -0.222. The Hall–Kier alpha value is -2.09. The number of carbonyl (C=O) groups is 1. The predicted octanol–water partition coefficient (Wildman–Crippen LogP) is 4.37. The van der Waals surface area contributed by atoms with Crippen molar-refractivity contribution in [2.75, 3.05) is 19.8 Å². The SMILES string of the molecule is CC(C)(C)[Si](OCCC[C@@]1(O)C(=O)C=C[C@@]2(C)C1CCC21OCCO1)(c1ccccc1)c1ccccc1. The van der Waals surface area contributed by atoms with E-state index < -0.39 is 25.1 Å². The van der Waals surface area contributed by atoms with E-state index in [1.165, 1.54) is 10.4 Å². The number of aliphatic hydroxyl groups is 1. The first-order chi connectivity index (χ1) is 17.6. The minimum absolute atomic E-state index is 0.121. The smallest absolute Gasteiger partial charge is 0.261 e. The van der Waals surface area contributed by atoms with Crippen LogP contribution in [0.3, 0.4) is 0 Å². The molecule has 0 radical (unpaired) electrons. The predicted molar refractivity (Wildman–Crippen MR) is 147 cm³/mol. The number of benzene rings is 2. The van der Waals surface area contributed by atoms with Gasteiger partial charge in [-0.05, 0) is 40.8 Å². The second kappa shape index (κ2) is 9.58. The summed E-state index contributed by atoms with van der Waals surface area (Å²) < 4.78 is 19.2. The molecule has 3 atom stereocenters. The molecule has 1 saturated carbocycles. The van der Waals surface area contributed by atoms with Gasteiger partial charge in [0.15, 0.2) is 11.6 Å². The summed E-state index contributed by atoms with van der Waals surface area (Å²) in [4.78, 5) is 13.1. The highest BCUT2D eigenvalue weighted by molar-refractivity contribution is 6.99. The molecule has 0 amide bonds. The summed E-state index contributed by atoms with van der Waals surface area (Å²) in [6.45, 7) is 10.4. The van der Waals surface area contributed by atoms with E-state index in [9.17, 15) is 9.90 Å². The Bertz CT molecular complexity index is 1100. The summed E-state index contributed by atoms with van der Waals surface area (Å²) in [6, 6.07) is 21.1. The Morgan fingerprint density at radius 2 is 1.57 bits per heavy atom. The Kier molecular flexibility index (Phi) is 6.86. The van der Waals surface area contributed by atoms with Crippen molar-refractivity contribution in [1.82, 2.24) is 0 Å². The van der Waals surface area contributed by atoms with Gasteiger partial charge in [-0.25, -0.2) is 0 Å². The molecule has 5 rings (SSSR count). The molecule has 5 nitrogen and oxygen atoms in total. The van der Waals surface area contributed by atoms with Crippen LogP contribution in [0.2, 0.25) is 5.04 Å². The van der Waals surface area contributed by atoms with E-state index in [2.05, 4.69) is 76.2 Å². The highest BCUT2D eigenvalue weighted by Crippen LogP contribution is 2.61. The molecule has 1 aliphatic heterocycles. The Balaban J connectivity index is 1.39. The van der Waals surface area contributed by atoms with E-state index in [4.69, 9.17) is 13.9 Å². The third-order valence-corrected chi connectivity index (χ3v) is 14.1. The molecule has 6 heteroatoms. The van der Waals surface area contributed by atoms with Gasteiger partial charge >= 0.3 is 0 Å². The van der Waals surface area contributed by atoms with E-state index >= 15 is 0 Å². The maximum absolute atomic E-state index is 13.1. The molecule has 2 fully saturated rings. The topological polar surface area (TPSA) is 65.0 Å². The van der Waals surface area contributed by atoms with Crippen molar-refractivity contribution in [1.29, 1.82) is 0 Å². The first-order valence-electron chi connectivity index (χ1n) is 13.6. The average molecular weight is 521 g/mol. The van der Waals surface area contributed by atoms with Gasteiger partial charge in [-0.2, -0.15) is 0 Å². The van der Waals surface area contributed by atoms with Crippen LogP contribution in [0.15, 0.2) is 72.8 Å². The van der Waals surface area contributed by atoms with Gasteiger partial charge in [0, 0.05) is 24.4 Å². The van der Waals surface area contributed by atoms with Crippen LogP contribution in [0.5, 0.6) is 0 Å². The van der Waals surface area contributed by atoms with Crippen LogP contribution in [0, 0.1) is 11.3 Å². The maximum Gasteiger partial charge on any atom is 0.261 e. The van der Waals surface area contributed by atoms with Crippen LogP contribution in [-0.2, 0) is 18.7 Å². The van der Waals surface area contributed by atoms with Crippen LogP contribution < -0.4 is 10.4 Å². The van der Waals surface area contributed by atoms with Crippen LogP contribution in [0.4, 0.5) is 0 Å². The van der Waals surface area contributed by atoms with Crippen molar-refractivity contribution < 1.29 is 23.8 Å². The molecule has 1 heterocycles. The first-order valence-corrected chi connectivity index (χ1v) is 15.5. The average Bonchev–Trinajstić information content (AvgIpc) is 3.48. The molecule has 0 bridgehead atoms. The van der Waals surface area contributed by atoms with E-state index in [1.54, 1.807) is 6.08 Å². The molecular formula is C31H40O5Si. The number of ether oxygens (including phenoxy) is 2. The van der Waals surface area contributed by atoms with Gasteiger partial charge in [-0.1, -0.05) is 94.4 Å². The highest BCUT2D eigenvalue weighted by atomic mass is 28.4. The van der Waals surface area contributed by atoms with Gasteiger partial charge in [0.1, 0.15) is 5.60 Å². The number of carbonyl (C=O) groups excluding carboxylic acids is 1. The molecule has 2 aromatic rings. The molecule has 198 valence electrons. The lowest BCUT2D eigenvalue weighted by atomic mass is 9.62. The van der Waals surface area contributed by atoms with Crippen LogP contribution in [0.25, 0.3) is 0 Å². The van der Waals surface area contributed by atoms with E-state index in [1.807, 2.05) is 18.2 Å². The lowest BCUT2D eigenvalue weighted by Crippen LogP contribution is -2.66. The minimum Gasteiger partial charge on any atom is -0.407 e. The standard InChI is InChI=1S/C31H40O5Si/c1-28(2,3)37(24-12-7-5-8-13-24,25-14-9-6-10-15-25)36-21-11-18-30(33)26-16-20-31(34-22-23-35-31)29(26,4)19-17-27(30)32/h5-10,12-15,17,19,26,33H,11,16,18,20-23H2,1-4H3/t26?,29-,30-/m0/s1. The molecule has 2 aromatic carbocycles. The molecule has 3 aliphatic rings. The fraction of sp³-hybridized carbons (Fsp3) is 0.516. The number of hydrogen-bond donors (Lipinski definition) is 1. The Labute approximate surface area is 222 Å². The normalized spacial score (nSPS) is 29.1. The minimum atomic E-state index is -2.67. The quantitative estimate of drug-likeness (QED) is 0.434. The number of fused-ring (bicyclic) bond motifs is 2. The fourth-order valence-corrected chi connectivity index (χ4v) is 11.9. The molecule has 1 saturated heterocycles. The van der Waals surface area contributed by atoms with Crippen LogP contribution in [-0.4, -0.2) is 50.4 Å². The van der Waals surface area contributed by atoms with Crippen molar-refractivity contribution >= 4 is 24.5 Å². The number of rotatable bonds is 7. The second-order valence-corrected chi connectivity index (χ2v) is 16.4. The number of hydrogen-bond acceptors (Lipinski definition) is 5. The molecule has 37 heavy (non-hydrogen) atoms. The zero-order chi connectivity index (χ0) is 26.4. The van der Waals surface area contributed by atoms with Crippen molar-refractivity contribution in [3.63, 3.8) is 0 Å². The van der Waals surface area contributed by atoms with Gasteiger partial charge in [-0.3, -0.25) is 4.79 Å². The first kappa shape index (κ1) is 26.5. The molecule has 0 aromatic heterocycles. The maximum atomic E-state index is 13.1. The van der Waals surface area contributed by atoms with Crippen molar-refractivity contribution in [3.8, 4) is 0 Å². The summed E-state index contributed by atoms with van der Waals surface area (Å²) in [5.74, 6) is -1.20. The monoisotopic (exact) mass is 520 g/mol. The van der Waals surface area contributed by atoms with Gasteiger partial charge < -0.3 is 19.0 Å². The molecular weight excluding hydrogens is 480 g/mol. The highest BCUT2D eigenvalue weighted by Gasteiger charge is 2.67. The molecule has 1 spiro atoms. The summed E-state index contributed by atoms with van der Waals surface area (Å²) in [5.41, 5.74) is -1.98. The van der Waals surface area contributed by atoms with Gasteiger partial charge in [0.25, 0.3) is 8.32 Å². The Morgan fingerprint density at radius 3 is 2.11 bits per heavy atom. The van der Waals surface area contributed by atoms with Gasteiger partial charge in [-0.15, -0.1) is 0 Å². The summed E-state index contributed by atoms with van der Waals surface area (Å²) in [7, 11) is -2.67.